The first-order valence-corrected chi connectivity index (χ1v) is 7.17. The number of fused-ring (bicyclic) bond motifs is 2. The fourth-order valence-corrected chi connectivity index (χ4v) is 3.60. The van der Waals surface area contributed by atoms with Gasteiger partial charge in [-0.15, -0.1) is 0 Å². The number of anilines is 1. The number of nitrogens with one attached hydrogen (secondary N) is 1. The zero-order valence-corrected chi connectivity index (χ0v) is 11.3. The first-order valence-electron chi connectivity index (χ1n) is 7.17. The smallest absolute Gasteiger partial charge is 0.227 e. The molecule has 0 saturated heterocycles. The summed E-state index contributed by atoms with van der Waals surface area (Å²) >= 11 is 0. The monoisotopic (exact) mass is 270 g/mol. The van der Waals surface area contributed by atoms with Crippen molar-refractivity contribution < 1.29 is 9.53 Å². The minimum absolute atomic E-state index is 0.0129. The van der Waals surface area contributed by atoms with Crippen LogP contribution in [0.1, 0.15) is 25.7 Å². The second kappa shape index (κ2) is 5.54. The van der Waals surface area contributed by atoms with Crippen molar-refractivity contribution >= 4 is 11.6 Å². The van der Waals surface area contributed by atoms with Gasteiger partial charge >= 0.3 is 0 Å². The third kappa shape index (κ3) is 2.49. The summed E-state index contributed by atoms with van der Waals surface area (Å²) in [7, 11) is 0. The standard InChI is InChI=1S/C16H18N2O2/c17-7-8-20-15-4-2-1-3-14(15)18-16(19)13-10-11-5-6-12(13)9-11/h1-4,11-13H,5-6,8-10H2,(H,18,19). The SMILES string of the molecule is N#CCOc1ccccc1NC(=O)C1CC2CCC1C2. The highest BCUT2D eigenvalue weighted by Gasteiger charge is 2.43. The fraction of sp³-hybridized carbons (Fsp3) is 0.500. The predicted molar refractivity (Wildman–Crippen MR) is 75.1 cm³/mol. The van der Waals surface area contributed by atoms with Gasteiger partial charge in [0, 0.05) is 5.92 Å². The van der Waals surface area contributed by atoms with Gasteiger partial charge in [0.05, 0.1) is 5.69 Å². The van der Waals surface area contributed by atoms with Gasteiger partial charge in [0.1, 0.15) is 11.8 Å². The molecule has 1 aromatic carbocycles. The van der Waals surface area contributed by atoms with Crippen LogP contribution in [0.4, 0.5) is 5.69 Å². The van der Waals surface area contributed by atoms with Crippen molar-refractivity contribution in [2.24, 2.45) is 17.8 Å². The molecule has 104 valence electrons. The molecule has 1 N–H and O–H groups in total. The molecule has 2 saturated carbocycles. The summed E-state index contributed by atoms with van der Waals surface area (Å²) in [6, 6.07) is 9.22. The van der Waals surface area contributed by atoms with E-state index < -0.39 is 0 Å². The minimum atomic E-state index is -0.0129. The first-order chi connectivity index (χ1) is 9.78. The quantitative estimate of drug-likeness (QED) is 0.915. The second-order valence-corrected chi connectivity index (χ2v) is 5.71. The Balaban J connectivity index is 1.68. The number of para-hydroxylation sites is 2. The van der Waals surface area contributed by atoms with E-state index in [1.807, 2.05) is 24.3 Å². The van der Waals surface area contributed by atoms with E-state index in [9.17, 15) is 4.79 Å². The van der Waals surface area contributed by atoms with Crippen LogP contribution in [0.15, 0.2) is 24.3 Å². The molecule has 0 aliphatic heterocycles. The summed E-state index contributed by atoms with van der Waals surface area (Å²) < 4.78 is 5.34. The summed E-state index contributed by atoms with van der Waals surface area (Å²) in [6.45, 7) is -0.0129. The molecule has 0 aromatic heterocycles. The van der Waals surface area contributed by atoms with E-state index in [0.29, 0.717) is 17.4 Å². The number of nitrogens with zero attached hydrogens (tertiary/aromatic N) is 1. The van der Waals surface area contributed by atoms with Crippen LogP contribution in [0.5, 0.6) is 5.75 Å². The average Bonchev–Trinajstić information content (AvgIpc) is 3.09. The molecule has 3 atom stereocenters. The molecule has 3 rings (SSSR count). The molecule has 4 nitrogen and oxygen atoms in total. The van der Waals surface area contributed by atoms with Gasteiger partial charge in [-0.05, 0) is 43.2 Å². The Morgan fingerprint density at radius 1 is 1.35 bits per heavy atom. The first kappa shape index (κ1) is 13.0. The number of carbonyl (C=O) groups is 1. The van der Waals surface area contributed by atoms with E-state index in [1.165, 1.54) is 19.3 Å². The Bertz CT molecular complexity index is 550. The van der Waals surface area contributed by atoms with E-state index in [2.05, 4.69) is 5.32 Å². The summed E-state index contributed by atoms with van der Waals surface area (Å²) in [6.07, 6.45) is 4.72. The van der Waals surface area contributed by atoms with Crippen molar-refractivity contribution in [2.45, 2.75) is 25.7 Å². The van der Waals surface area contributed by atoms with E-state index in [0.717, 1.165) is 12.3 Å². The van der Waals surface area contributed by atoms with Gasteiger partial charge in [-0.25, -0.2) is 0 Å². The molecule has 2 aliphatic carbocycles. The number of carbonyl (C=O) groups excluding carboxylic acids is 1. The Morgan fingerprint density at radius 3 is 2.90 bits per heavy atom. The zero-order valence-electron chi connectivity index (χ0n) is 11.3. The van der Waals surface area contributed by atoms with Crippen molar-refractivity contribution in [3.8, 4) is 11.8 Å². The summed E-state index contributed by atoms with van der Waals surface area (Å²) in [5.41, 5.74) is 0.663. The third-order valence-electron chi connectivity index (χ3n) is 4.51. The summed E-state index contributed by atoms with van der Waals surface area (Å²) in [4.78, 5) is 12.4. The maximum Gasteiger partial charge on any atom is 0.227 e. The number of benzene rings is 1. The van der Waals surface area contributed by atoms with Gasteiger partial charge in [-0.3, -0.25) is 4.79 Å². The van der Waals surface area contributed by atoms with Gasteiger partial charge in [0.2, 0.25) is 5.91 Å². The number of hydrogen-bond donors (Lipinski definition) is 1. The number of hydrogen-bond acceptors (Lipinski definition) is 3. The van der Waals surface area contributed by atoms with Crippen LogP contribution < -0.4 is 10.1 Å². The molecule has 0 spiro atoms. The van der Waals surface area contributed by atoms with Crippen LogP contribution in [0, 0.1) is 29.1 Å². The molecule has 0 heterocycles. The lowest BCUT2D eigenvalue weighted by molar-refractivity contribution is -0.121. The van der Waals surface area contributed by atoms with E-state index >= 15 is 0 Å². The molecule has 0 radical (unpaired) electrons. The van der Waals surface area contributed by atoms with Crippen LogP contribution in [0.25, 0.3) is 0 Å². The molecule has 20 heavy (non-hydrogen) atoms. The van der Waals surface area contributed by atoms with Crippen LogP contribution in [-0.4, -0.2) is 12.5 Å². The van der Waals surface area contributed by atoms with Crippen molar-refractivity contribution in [3.63, 3.8) is 0 Å². The van der Waals surface area contributed by atoms with Crippen molar-refractivity contribution in [2.75, 3.05) is 11.9 Å². The lowest BCUT2D eigenvalue weighted by Crippen LogP contribution is -2.27. The van der Waals surface area contributed by atoms with Gasteiger partial charge in [0.25, 0.3) is 0 Å². The largest absolute Gasteiger partial charge is 0.477 e. The lowest BCUT2D eigenvalue weighted by atomic mass is 9.88. The van der Waals surface area contributed by atoms with Crippen molar-refractivity contribution in [3.05, 3.63) is 24.3 Å². The lowest BCUT2D eigenvalue weighted by Gasteiger charge is -2.21. The molecule has 3 unspecified atom stereocenters. The summed E-state index contributed by atoms with van der Waals surface area (Å²) in [5.74, 6) is 2.13. The van der Waals surface area contributed by atoms with Crippen LogP contribution >= 0.6 is 0 Å². The Morgan fingerprint density at radius 2 is 2.20 bits per heavy atom. The normalized spacial score (nSPS) is 27.1. The molecule has 2 bridgehead atoms. The van der Waals surface area contributed by atoms with Crippen LogP contribution in [0.3, 0.4) is 0 Å². The minimum Gasteiger partial charge on any atom is -0.477 e. The van der Waals surface area contributed by atoms with E-state index in [4.69, 9.17) is 10.00 Å². The highest BCUT2D eigenvalue weighted by atomic mass is 16.5. The van der Waals surface area contributed by atoms with Gasteiger partial charge in [-0.1, -0.05) is 18.6 Å². The number of nitriles is 1. The predicted octanol–water partition coefficient (Wildman–Crippen LogP) is 2.96. The maximum absolute atomic E-state index is 12.4. The zero-order chi connectivity index (χ0) is 13.9. The molecule has 1 aromatic rings. The Kier molecular flexibility index (Phi) is 3.60. The van der Waals surface area contributed by atoms with Crippen molar-refractivity contribution in [1.29, 1.82) is 5.26 Å². The second-order valence-electron chi connectivity index (χ2n) is 5.71. The average molecular weight is 270 g/mol. The Labute approximate surface area is 118 Å². The number of amides is 1. The maximum atomic E-state index is 12.4. The number of ether oxygens (including phenoxy) is 1. The van der Waals surface area contributed by atoms with E-state index in [-0.39, 0.29) is 18.4 Å². The third-order valence-corrected chi connectivity index (χ3v) is 4.51. The fourth-order valence-electron chi connectivity index (χ4n) is 3.60. The van der Waals surface area contributed by atoms with E-state index in [1.54, 1.807) is 6.07 Å². The van der Waals surface area contributed by atoms with Crippen molar-refractivity contribution in [1.82, 2.24) is 0 Å². The van der Waals surface area contributed by atoms with Gasteiger partial charge in [0.15, 0.2) is 6.61 Å². The molecule has 2 aliphatic rings. The number of rotatable bonds is 4. The molecular weight excluding hydrogens is 252 g/mol. The molecular formula is C16H18N2O2. The summed E-state index contributed by atoms with van der Waals surface area (Å²) in [5, 5.41) is 11.6. The van der Waals surface area contributed by atoms with Crippen LogP contribution in [0.2, 0.25) is 0 Å². The van der Waals surface area contributed by atoms with Gasteiger partial charge in [-0.2, -0.15) is 5.26 Å². The molecule has 1 amide bonds. The van der Waals surface area contributed by atoms with Gasteiger partial charge < -0.3 is 10.1 Å². The topological polar surface area (TPSA) is 62.1 Å². The van der Waals surface area contributed by atoms with Crippen LogP contribution in [-0.2, 0) is 4.79 Å². The Hall–Kier alpha value is -2.02. The molecule has 2 fully saturated rings. The highest BCUT2D eigenvalue weighted by molar-refractivity contribution is 5.94. The highest BCUT2D eigenvalue weighted by Crippen LogP contribution is 2.48. The molecule has 4 heteroatoms.